The molecule has 0 saturated carbocycles. The number of amides is 1. The van der Waals surface area contributed by atoms with Crippen molar-refractivity contribution in [2.75, 3.05) is 32.8 Å². The van der Waals surface area contributed by atoms with Crippen LogP contribution >= 0.6 is 10.5 Å². The Labute approximate surface area is 179 Å². The normalized spacial score (nSPS) is 20.5. The zero-order valence-corrected chi connectivity index (χ0v) is 17.8. The number of carbonyl (C=O) groups is 1. The number of nitrogens with one attached hydrogen (secondary N) is 2. The van der Waals surface area contributed by atoms with E-state index in [4.69, 9.17) is 5.11 Å². The maximum Gasteiger partial charge on any atom is 0.256 e. The van der Waals surface area contributed by atoms with Crippen molar-refractivity contribution >= 4 is 21.8 Å². The summed E-state index contributed by atoms with van der Waals surface area (Å²) >= 11 is 0. The molecule has 1 aromatic rings. The van der Waals surface area contributed by atoms with Gasteiger partial charge in [0.1, 0.15) is 5.82 Å². The van der Waals surface area contributed by atoms with E-state index in [1.165, 1.54) is 29.7 Å². The van der Waals surface area contributed by atoms with Gasteiger partial charge in [-0.3, -0.25) is 4.79 Å². The van der Waals surface area contributed by atoms with E-state index < -0.39 is 0 Å². The lowest BCUT2D eigenvalue weighted by Gasteiger charge is -2.34. The third kappa shape index (κ3) is 4.81. The molecule has 30 heavy (non-hydrogen) atoms. The van der Waals surface area contributed by atoms with Crippen LogP contribution in [0.15, 0.2) is 57.5 Å². The van der Waals surface area contributed by atoms with Crippen molar-refractivity contribution in [2.24, 2.45) is 0 Å². The van der Waals surface area contributed by atoms with Crippen molar-refractivity contribution in [1.29, 1.82) is 0 Å². The average molecular weight is 430 g/mol. The van der Waals surface area contributed by atoms with Crippen LogP contribution in [-0.2, 0) is 11.3 Å². The highest BCUT2D eigenvalue weighted by Gasteiger charge is 2.30. The highest BCUT2D eigenvalue weighted by Crippen LogP contribution is 2.43. The predicted molar refractivity (Wildman–Crippen MR) is 120 cm³/mol. The molecule has 2 heterocycles. The van der Waals surface area contributed by atoms with Crippen molar-refractivity contribution in [2.45, 2.75) is 25.8 Å². The molecule has 160 valence electrons. The molecule has 1 aliphatic carbocycles. The van der Waals surface area contributed by atoms with Gasteiger partial charge >= 0.3 is 0 Å². The first-order valence-corrected chi connectivity index (χ1v) is 11.8. The highest BCUT2D eigenvalue weighted by atomic mass is 32.2. The number of nitrogens with zero attached hydrogens (tertiary/aromatic N) is 1. The molecule has 3 N–H and O–H groups in total. The quantitative estimate of drug-likeness (QED) is 0.417. The lowest BCUT2D eigenvalue weighted by Crippen LogP contribution is -2.41. The molecule has 4 rings (SSSR count). The summed E-state index contributed by atoms with van der Waals surface area (Å²) < 4.78 is 13.1. The Kier molecular flexibility index (Phi) is 6.94. The third-order valence-corrected chi connectivity index (χ3v) is 7.42. The molecule has 3 aliphatic rings. The minimum Gasteiger partial charge on any atom is -0.395 e. The van der Waals surface area contributed by atoms with Gasteiger partial charge in [-0.05, 0) is 65.0 Å². The van der Waals surface area contributed by atoms with Gasteiger partial charge in [0, 0.05) is 38.3 Å². The first kappa shape index (κ1) is 21.2. The summed E-state index contributed by atoms with van der Waals surface area (Å²) in [5.41, 5.74) is 4.57. The van der Waals surface area contributed by atoms with Crippen LogP contribution in [-0.4, -0.2) is 54.1 Å². The van der Waals surface area contributed by atoms with E-state index in [1.807, 2.05) is 4.90 Å². The second-order valence-electron chi connectivity index (χ2n) is 7.68. The molecular formula is C23H28FN3O2S. The minimum absolute atomic E-state index is 0.0397. The number of hydrogen-bond donors (Lipinski definition) is 3. The number of halogens is 1. The molecule has 0 fully saturated rings. The second kappa shape index (κ2) is 9.83. The van der Waals surface area contributed by atoms with Crippen LogP contribution < -0.4 is 10.6 Å². The number of rotatable bonds is 9. The Morgan fingerprint density at radius 3 is 2.67 bits per heavy atom. The molecule has 5 nitrogen and oxygen atoms in total. The van der Waals surface area contributed by atoms with Crippen molar-refractivity contribution in [1.82, 2.24) is 15.5 Å². The second-order valence-corrected chi connectivity index (χ2v) is 9.31. The minimum atomic E-state index is -0.247. The van der Waals surface area contributed by atoms with Crippen molar-refractivity contribution in [3.63, 3.8) is 0 Å². The Hall–Kier alpha value is -2.06. The molecule has 1 amide bonds. The van der Waals surface area contributed by atoms with Crippen LogP contribution in [0, 0.1) is 5.82 Å². The number of benzene rings is 1. The number of carbonyl (C=O) groups excluding carboxylic acids is 1. The topological polar surface area (TPSA) is 64.6 Å². The Bertz CT molecular complexity index is 934. The van der Waals surface area contributed by atoms with Gasteiger partial charge in [0.25, 0.3) is 5.91 Å². The summed E-state index contributed by atoms with van der Waals surface area (Å²) in [6.45, 7) is 2.90. The van der Waals surface area contributed by atoms with Gasteiger partial charge in [0.05, 0.1) is 11.6 Å². The fourth-order valence-electron chi connectivity index (χ4n) is 3.96. The molecule has 0 bridgehead atoms. The monoisotopic (exact) mass is 429 g/mol. The average Bonchev–Trinajstić information content (AvgIpc) is 3.20. The summed E-state index contributed by atoms with van der Waals surface area (Å²) in [4.78, 5) is 15.2. The Morgan fingerprint density at radius 1 is 1.07 bits per heavy atom. The molecule has 0 saturated heterocycles. The van der Waals surface area contributed by atoms with Crippen LogP contribution in [0.1, 0.15) is 24.8 Å². The molecule has 2 aliphatic heterocycles. The number of allylic oxidation sites excluding steroid dienone is 3. The van der Waals surface area contributed by atoms with E-state index in [2.05, 4.69) is 27.5 Å². The van der Waals surface area contributed by atoms with Gasteiger partial charge in [0.2, 0.25) is 0 Å². The van der Waals surface area contributed by atoms with E-state index in [-0.39, 0.29) is 28.8 Å². The lowest BCUT2D eigenvalue weighted by molar-refractivity contribution is -0.125. The standard InChI is InChI=1S/C23H28FN3O2S/c24-21-6-4-17(5-7-21)13-26-14-20-16-30-15-19-3-1-2-18(19)12-22(30)27(23(20)29)10-8-25-9-11-28/h4-7,12,15-16,25-26,28H,1-3,8-11,13-14H2. The van der Waals surface area contributed by atoms with Crippen molar-refractivity contribution in [3.8, 4) is 0 Å². The van der Waals surface area contributed by atoms with E-state index >= 15 is 0 Å². The van der Waals surface area contributed by atoms with Crippen molar-refractivity contribution in [3.05, 3.63) is 68.9 Å². The molecule has 0 radical (unpaired) electrons. The Morgan fingerprint density at radius 2 is 1.87 bits per heavy atom. The van der Waals surface area contributed by atoms with Gasteiger partial charge in [-0.1, -0.05) is 12.1 Å². The molecule has 1 aromatic carbocycles. The molecule has 1 unspecified atom stereocenters. The largest absolute Gasteiger partial charge is 0.395 e. The van der Waals surface area contributed by atoms with E-state index in [9.17, 15) is 9.18 Å². The maximum atomic E-state index is 13.2. The number of aliphatic hydroxyl groups is 1. The fourth-order valence-corrected chi connectivity index (χ4v) is 6.05. The van der Waals surface area contributed by atoms with Gasteiger partial charge in [-0.25, -0.2) is 4.39 Å². The molecule has 7 heteroatoms. The van der Waals surface area contributed by atoms with E-state index in [1.54, 1.807) is 12.1 Å². The lowest BCUT2D eigenvalue weighted by atomic mass is 10.1. The van der Waals surface area contributed by atoms with Gasteiger partial charge in [-0.15, -0.1) is 10.5 Å². The molecule has 0 aromatic heterocycles. The van der Waals surface area contributed by atoms with Crippen LogP contribution in [0.5, 0.6) is 0 Å². The summed E-state index contributed by atoms with van der Waals surface area (Å²) in [6, 6.07) is 6.41. The van der Waals surface area contributed by atoms with Gasteiger partial charge < -0.3 is 20.6 Å². The smallest absolute Gasteiger partial charge is 0.256 e. The summed E-state index contributed by atoms with van der Waals surface area (Å²) in [5.74, 6) is -0.207. The van der Waals surface area contributed by atoms with Crippen molar-refractivity contribution < 1.29 is 14.3 Å². The molecular weight excluding hydrogens is 401 g/mol. The number of aliphatic hydroxyl groups excluding tert-OH is 1. The van der Waals surface area contributed by atoms with Gasteiger partial charge in [0.15, 0.2) is 0 Å². The first-order chi connectivity index (χ1) is 14.7. The number of hydrogen-bond acceptors (Lipinski definition) is 4. The third-order valence-electron chi connectivity index (χ3n) is 5.53. The van der Waals surface area contributed by atoms with Crippen LogP contribution in [0.2, 0.25) is 0 Å². The van der Waals surface area contributed by atoms with E-state index in [0.717, 1.165) is 29.0 Å². The van der Waals surface area contributed by atoms with Crippen LogP contribution in [0.4, 0.5) is 4.39 Å². The first-order valence-electron chi connectivity index (χ1n) is 10.5. The maximum absolute atomic E-state index is 13.2. The SMILES string of the molecule is O=C1C(CNCc2ccc(F)cc2)=CS2=CC3=C(C=C2N1CCNCCO)CCC3. The fraction of sp³-hybridized carbons (Fsp3) is 0.391. The molecule has 1 atom stereocenters. The zero-order chi connectivity index (χ0) is 20.9. The summed E-state index contributed by atoms with van der Waals surface area (Å²) in [7, 11) is -0.198. The van der Waals surface area contributed by atoms with Gasteiger partial charge in [-0.2, -0.15) is 0 Å². The van der Waals surface area contributed by atoms with Crippen LogP contribution in [0.25, 0.3) is 0 Å². The Balaban J connectivity index is 1.49. The summed E-state index contributed by atoms with van der Waals surface area (Å²) in [6.07, 6.45) is 5.63. The number of fused-ring (bicyclic) bond motifs is 1. The molecule has 0 spiro atoms. The zero-order valence-electron chi connectivity index (χ0n) is 17.0. The highest BCUT2D eigenvalue weighted by molar-refractivity contribution is 8.21. The predicted octanol–water partition coefficient (Wildman–Crippen LogP) is 2.63. The van der Waals surface area contributed by atoms with E-state index in [0.29, 0.717) is 32.7 Å². The summed E-state index contributed by atoms with van der Waals surface area (Å²) in [5, 5.41) is 21.0. The van der Waals surface area contributed by atoms with Crippen LogP contribution in [0.3, 0.4) is 0 Å².